The molecule has 1 atom stereocenters. The summed E-state index contributed by atoms with van der Waals surface area (Å²) in [5.41, 5.74) is 5.15. The number of carbonyl (C=O) groups excluding carboxylic acids is 1. The van der Waals surface area contributed by atoms with Crippen molar-refractivity contribution in [3.05, 3.63) is 12.2 Å². The van der Waals surface area contributed by atoms with Gasteiger partial charge in [0.2, 0.25) is 0 Å². The Hall–Kier alpha value is -0.920. The fourth-order valence-corrected chi connectivity index (χ4v) is 0.624. The molecule has 2 N–H and O–H groups in total. The Bertz CT molecular complexity index is 319. The van der Waals surface area contributed by atoms with Crippen LogP contribution in [0, 0.1) is 0 Å². The molecular formula is C7H13NO5S. The SMILES string of the molecule is C=C(CC)C(=O)OOS(=O)(=O)C(C)N. The molecule has 6 nitrogen and oxygen atoms in total. The molecule has 0 spiro atoms. The maximum absolute atomic E-state index is 10.9. The van der Waals surface area contributed by atoms with E-state index in [4.69, 9.17) is 5.73 Å². The van der Waals surface area contributed by atoms with Crippen LogP contribution in [0.25, 0.3) is 0 Å². The van der Waals surface area contributed by atoms with Gasteiger partial charge in [0.15, 0.2) is 0 Å². The minimum Gasteiger partial charge on any atom is -0.313 e. The third kappa shape index (κ3) is 3.86. The Morgan fingerprint density at radius 2 is 2.07 bits per heavy atom. The number of hydrogen-bond donors (Lipinski definition) is 1. The van der Waals surface area contributed by atoms with E-state index in [0.717, 1.165) is 0 Å². The van der Waals surface area contributed by atoms with Crippen molar-refractivity contribution in [2.45, 2.75) is 25.6 Å². The molecule has 14 heavy (non-hydrogen) atoms. The largest absolute Gasteiger partial charge is 0.370 e. The van der Waals surface area contributed by atoms with Gasteiger partial charge in [0.25, 0.3) is 0 Å². The molecule has 0 saturated heterocycles. The molecule has 0 aliphatic heterocycles. The highest BCUT2D eigenvalue weighted by Gasteiger charge is 2.21. The first kappa shape index (κ1) is 13.1. The van der Waals surface area contributed by atoms with E-state index in [0.29, 0.717) is 6.42 Å². The first-order valence-corrected chi connectivity index (χ1v) is 5.36. The monoisotopic (exact) mass is 223 g/mol. The first-order valence-electron chi connectivity index (χ1n) is 3.89. The van der Waals surface area contributed by atoms with Gasteiger partial charge >= 0.3 is 16.1 Å². The molecule has 0 radical (unpaired) electrons. The number of hydrogen-bond acceptors (Lipinski definition) is 6. The van der Waals surface area contributed by atoms with Crippen molar-refractivity contribution in [1.82, 2.24) is 0 Å². The summed E-state index contributed by atoms with van der Waals surface area (Å²) >= 11 is 0. The maximum atomic E-state index is 10.9. The highest BCUT2D eigenvalue weighted by atomic mass is 32.2. The van der Waals surface area contributed by atoms with Gasteiger partial charge in [-0.3, -0.25) is 4.89 Å². The van der Waals surface area contributed by atoms with E-state index < -0.39 is 21.5 Å². The van der Waals surface area contributed by atoms with E-state index in [1.807, 2.05) is 0 Å². The van der Waals surface area contributed by atoms with Gasteiger partial charge in [-0.25, -0.2) is 4.79 Å². The highest BCUT2D eigenvalue weighted by molar-refractivity contribution is 7.87. The molecule has 0 aliphatic carbocycles. The Kier molecular flexibility index (Phi) is 4.75. The zero-order valence-electron chi connectivity index (χ0n) is 8.02. The Morgan fingerprint density at radius 3 is 2.43 bits per heavy atom. The van der Waals surface area contributed by atoms with Crippen LogP contribution in [0.4, 0.5) is 0 Å². The van der Waals surface area contributed by atoms with Crippen LogP contribution >= 0.6 is 0 Å². The molecule has 0 bridgehead atoms. The average molecular weight is 223 g/mol. The highest BCUT2D eigenvalue weighted by Crippen LogP contribution is 2.04. The quantitative estimate of drug-likeness (QED) is 0.402. The van der Waals surface area contributed by atoms with E-state index in [1.165, 1.54) is 6.92 Å². The molecule has 0 rings (SSSR count). The summed E-state index contributed by atoms with van der Waals surface area (Å²) in [6, 6.07) is 0. The second kappa shape index (κ2) is 5.08. The van der Waals surface area contributed by atoms with Gasteiger partial charge in [-0.2, -0.15) is 8.42 Å². The van der Waals surface area contributed by atoms with Crippen LogP contribution in [0.3, 0.4) is 0 Å². The second-order valence-corrected chi connectivity index (χ2v) is 4.46. The van der Waals surface area contributed by atoms with Crippen molar-refractivity contribution < 1.29 is 22.4 Å². The predicted octanol–water partition coefficient (Wildman–Crippen LogP) is 0.0619. The van der Waals surface area contributed by atoms with E-state index in [9.17, 15) is 13.2 Å². The van der Waals surface area contributed by atoms with Crippen LogP contribution in [0.1, 0.15) is 20.3 Å². The Morgan fingerprint density at radius 1 is 1.57 bits per heavy atom. The predicted molar refractivity (Wildman–Crippen MR) is 49.2 cm³/mol. The molecule has 0 aromatic heterocycles. The molecule has 0 saturated carbocycles. The molecule has 0 aromatic rings. The van der Waals surface area contributed by atoms with Crippen LogP contribution < -0.4 is 5.73 Å². The van der Waals surface area contributed by atoms with Gasteiger partial charge in [0, 0.05) is 5.57 Å². The van der Waals surface area contributed by atoms with E-state index in [-0.39, 0.29) is 5.57 Å². The van der Waals surface area contributed by atoms with E-state index in [1.54, 1.807) is 6.92 Å². The number of rotatable bonds is 5. The van der Waals surface area contributed by atoms with Crippen molar-refractivity contribution >= 4 is 16.1 Å². The summed E-state index contributed by atoms with van der Waals surface area (Å²) in [6.07, 6.45) is 0.348. The molecule has 0 aromatic carbocycles. The third-order valence-electron chi connectivity index (χ3n) is 1.38. The molecule has 0 fully saturated rings. The van der Waals surface area contributed by atoms with Gasteiger partial charge in [-0.1, -0.05) is 17.8 Å². The molecule has 82 valence electrons. The fourth-order valence-electron chi connectivity index (χ4n) is 0.344. The summed E-state index contributed by atoms with van der Waals surface area (Å²) in [7, 11) is -4.04. The molecule has 1 unspecified atom stereocenters. The number of nitrogens with two attached hydrogens (primary N) is 1. The average Bonchev–Trinajstić information content (AvgIpc) is 2.12. The zero-order chi connectivity index (χ0) is 11.4. The number of carbonyl (C=O) groups is 1. The van der Waals surface area contributed by atoms with Crippen LogP contribution in [-0.4, -0.2) is 19.8 Å². The van der Waals surface area contributed by atoms with Crippen molar-refractivity contribution in [2.75, 3.05) is 0 Å². The van der Waals surface area contributed by atoms with Crippen molar-refractivity contribution in [3.8, 4) is 0 Å². The lowest BCUT2D eigenvalue weighted by Gasteiger charge is -2.06. The second-order valence-electron chi connectivity index (χ2n) is 2.59. The fraction of sp³-hybridized carbons (Fsp3) is 0.571. The van der Waals surface area contributed by atoms with Crippen molar-refractivity contribution in [3.63, 3.8) is 0 Å². The normalized spacial score (nSPS) is 13.4. The van der Waals surface area contributed by atoms with E-state index in [2.05, 4.69) is 15.8 Å². The zero-order valence-corrected chi connectivity index (χ0v) is 8.83. The minimum absolute atomic E-state index is 0.116. The molecule has 0 heterocycles. The van der Waals surface area contributed by atoms with Crippen LogP contribution in [0.2, 0.25) is 0 Å². The summed E-state index contributed by atoms with van der Waals surface area (Å²) in [5.74, 6) is -0.920. The third-order valence-corrected chi connectivity index (χ3v) is 2.54. The summed E-state index contributed by atoms with van der Waals surface area (Å²) in [6.45, 7) is 6.20. The topological polar surface area (TPSA) is 95.7 Å². The maximum Gasteiger partial charge on any atom is 0.370 e. The first-order chi connectivity index (χ1) is 6.31. The summed E-state index contributed by atoms with van der Waals surface area (Å²) in [4.78, 5) is 14.9. The van der Waals surface area contributed by atoms with E-state index >= 15 is 0 Å². The minimum atomic E-state index is -4.04. The molecule has 0 aliphatic rings. The van der Waals surface area contributed by atoms with Gasteiger partial charge in [0.1, 0.15) is 5.37 Å². The van der Waals surface area contributed by atoms with Crippen molar-refractivity contribution in [2.24, 2.45) is 5.73 Å². The lowest BCUT2D eigenvalue weighted by molar-refractivity contribution is -0.206. The van der Waals surface area contributed by atoms with Gasteiger partial charge in [-0.05, 0) is 13.3 Å². The Labute approximate surface area is 82.7 Å². The van der Waals surface area contributed by atoms with Crippen molar-refractivity contribution in [1.29, 1.82) is 0 Å². The van der Waals surface area contributed by atoms with Gasteiger partial charge < -0.3 is 5.73 Å². The summed E-state index contributed by atoms with van der Waals surface area (Å²) in [5, 5.41) is -1.26. The lowest BCUT2D eigenvalue weighted by Crippen LogP contribution is -2.29. The molecule has 0 amide bonds. The molecule has 7 heteroatoms. The van der Waals surface area contributed by atoms with Gasteiger partial charge in [0.05, 0.1) is 0 Å². The van der Waals surface area contributed by atoms with Crippen LogP contribution in [0.15, 0.2) is 12.2 Å². The molecular weight excluding hydrogens is 210 g/mol. The van der Waals surface area contributed by atoms with Crippen LogP contribution in [-0.2, 0) is 24.1 Å². The smallest absolute Gasteiger partial charge is 0.313 e. The van der Waals surface area contributed by atoms with Gasteiger partial charge in [-0.15, -0.1) is 0 Å². The summed E-state index contributed by atoms with van der Waals surface area (Å²) < 4.78 is 25.7. The Balaban J connectivity index is 4.21. The van der Waals surface area contributed by atoms with Crippen LogP contribution in [0.5, 0.6) is 0 Å². The standard InChI is InChI=1S/C7H13NO5S/c1-4-5(2)7(9)12-13-14(10,11)6(3)8/h6H,2,4,8H2,1,3H3. The lowest BCUT2D eigenvalue weighted by atomic mass is 10.2.